The number of rotatable bonds is 6. The molecular weight excluding hydrogens is 220 g/mol. The van der Waals surface area contributed by atoms with E-state index < -0.39 is 0 Å². The molecule has 0 aromatic heterocycles. The van der Waals surface area contributed by atoms with Crippen LogP contribution in [0.1, 0.15) is 58.8 Å². The number of piperidine rings is 1. The zero-order valence-corrected chi connectivity index (χ0v) is 12.5. The van der Waals surface area contributed by atoms with Crippen molar-refractivity contribution in [3.05, 3.63) is 0 Å². The molecule has 0 radical (unpaired) electrons. The van der Waals surface area contributed by atoms with E-state index in [-0.39, 0.29) is 0 Å². The molecule has 2 heteroatoms. The first-order valence-corrected chi connectivity index (χ1v) is 8.25. The summed E-state index contributed by atoms with van der Waals surface area (Å²) in [5.74, 6) is 2.12. The molecule has 2 nitrogen and oxygen atoms in total. The molecule has 0 aromatic rings. The SMILES string of the molecule is CCNC(C)CCCN1CCC2CCCCC2C1. The molecule has 3 unspecified atom stereocenters. The molecule has 0 aromatic carbocycles. The third kappa shape index (κ3) is 4.24. The van der Waals surface area contributed by atoms with Crippen molar-refractivity contribution in [2.24, 2.45) is 11.8 Å². The largest absolute Gasteiger partial charge is 0.315 e. The highest BCUT2D eigenvalue weighted by Crippen LogP contribution is 2.35. The van der Waals surface area contributed by atoms with Crippen molar-refractivity contribution in [1.29, 1.82) is 0 Å². The van der Waals surface area contributed by atoms with Crippen LogP contribution < -0.4 is 5.32 Å². The molecule has 106 valence electrons. The van der Waals surface area contributed by atoms with Crippen LogP contribution in [0.25, 0.3) is 0 Å². The normalized spacial score (nSPS) is 31.0. The van der Waals surface area contributed by atoms with Crippen molar-refractivity contribution < 1.29 is 0 Å². The third-order valence-corrected chi connectivity index (χ3v) is 5.04. The van der Waals surface area contributed by atoms with Gasteiger partial charge >= 0.3 is 0 Å². The number of fused-ring (bicyclic) bond motifs is 1. The highest BCUT2D eigenvalue weighted by Gasteiger charge is 2.30. The van der Waals surface area contributed by atoms with E-state index in [0.29, 0.717) is 6.04 Å². The Labute approximate surface area is 114 Å². The molecule has 18 heavy (non-hydrogen) atoms. The first kappa shape index (κ1) is 14.3. The number of likely N-dealkylation sites (tertiary alicyclic amines) is 1. The number of hydrogen-bond donors (Lipinski definition) is 1. The summed E-state index contributed by atoms with van der Waals surface area (Å²) >= 11 is 0. The van der Waals surface area contributed by atoms with Crippen LogP contribution >= 0.6 is 0 Å². The van der Waals surface area contributed by atoms with Gasteiger partial charge in [0, 0.05) is 12.6 Å². The maximum Gasteiger partial charge on any atom is 0.00390 e. The molecule has 1 saturated carbocycles. The Bertz CT molecular complexity index is 229. The smallest absolute Gasteiger partial charge is 0.00390 e. The Morgan fingerprint density at radius 1 is 1.17 bits per heavy atom. The van der Waals surface area contributed by atoms with Gasteiger partial charge in [-0.3, -0.25) is 0 Å². The van der Waals surface area contributed by atoms with E-state index in [1.54, 1.807) is 0 Å². The molecule has 0 amide bonds. The number of nitrogens with one attached hydrogen (secondary N) is 1. The average molecular weight is 252 g/mol. The summed E-state index contributed by atoms with van der Waals surface area (Å²) in [5, 5.41) is 3.51. The Morgan fingerprint density at radius 3 is 2.72 bits per heavy atom. The molecule has 1 N–H and O–H groups in total. The van der Waals surface area contributed by atoms with Gasteiger partial charge in [0.1, 0.15) is 0 Å². The average Bonchev–Trinajstić information content (AvgIpc) is 2.39. The van der Waals surface area contributed by atoms with Crippen molar-refractivity contribution in [2.75, 3.05) is 26.2 Å². The molecule has 1 heterocycles. The molecule has 2 aliphatic rings. The van der Waals surface area contributed by atoms with Gasteiger partial charge in [-0.05, 0) is 64.1 Å². The molecular formula is C16H32N2. The van der Waals surface area contributed by atoms with E-state index in [0.717, 1.165) is 18.4 Å². The first-order chi connectivity index (χ1) is 8.79. The maximum absolute atomic E-state index is 3.51. The van der Waals surface area contributed by atoms with Crippen molar-refractivity contribution in [3.63, 3.8) is 0 Å². The van der Waals surface area contributed by atoms with E-state index in [2.05, 4.69) is 24.1 Å². The number of nitrogens with zero attached hydrogens (tertiary/aromatic N) is 1. The molecule has 0 spiro atoms. The van der Waals surface area contributed by atoms with Crippen LogP contribution in [-0.2, 0) is 0 Å². The lowest BCUT2D eigenvalue weighted by Gasteiger charge is -2.41. The Morgan fingerprint density at radius 2 is 1.94 bits per heavy atom. The fraction of sp³-hybridized carbons (Fsp3) is 1.00. The lowest BCUT2D eigenvalue weighted by Crippen LogP contribution is -2.42. The van der Waals surface area contributed by atoms with E-state index in [1.807, 2.05) is 0 Å². The summed E-state index contributed by atoms with van der Waals surface area (Å²) in [6.45, 7) is 9.73. The van der Waals surface area contributed by atoms with Crippen molar-refractivity contribution in [2.45, 2.75) is 64.8 Å². The van der Waals surface area contributed by atoms with Crippen molar-refractivity contribution >= 4 is 0 Å². The zero-order chi connectivity index (χ0) is 12.8. The Kier molecular flexibility index (Phi) is 5.97. The summed E-state index contributed by atoms with van der Waals surface area (Å²) in [7, 11) is 0. The van der Waals surface area contributed by atoms with Gasteiger partial charge in [0.2, 0.25) is 0 Å². The second-order valence-corrected chi connectivity index (χ2v) is 6.49. The summed E-state index contributed by atoms with van der Waals surface area (Å²) in [6.07, 6.45) is 10.2. The topological polar surface area (TPSA) is 15.3 Å². The summed E-state index contributed by atoms with van der Waals surface area (Å²) in [5.41, 5.74) is 0. The van der Waals surface area contributed by atoms with Gasteiger partial charge in [0.05, 0.1) is 0 Å². The fourth-order valence-corrected chi connectivity index (χ4v) is 3.95. The molecule has 3 atom stereocenters. The van der Waals surface area contributed by atoms with Crippen molar-refractivity contribution in [3.8, 4) is 0 Å². The van der Waals surface area contributed by atoms with Gasteiger partial charge in [-0.25, -0.2) is 0 Å². The quantitative estimate of drug-likeness (QED) is 0.780. The first-order valence-electron chi connectivity index (χ1n) is 8.25. The van der Waals surface area contributed by atoms with E-state index in [1.165, 1.54) is 64.6 Å². The van der Waals surface area contributed by atoms with Crippen molar-refractivity contribution in [1.82, 2.24) is 10.2 Å². The molecule has 1 aliphatic heterocycles. The lowest BCUT2D eigenvalue weighted by molar-refractivity contribution is 0.0853. The summed E-state index contributed by atoms with van der Waals surface area (Å²) < 4.78 is 0. The van der Waals surface area contributed by atoms with Gasteiger partial charge in [0.25, 0.3) is 0 Å². The van der Waals surface area contributed by atoms with Crippen LogP contribution in [-0.4, -0.2) is 37.1 Å². The Hall–Kier alpha value is -0.0800. The molecule has 2 rings (SSSR count). The van der Waals surface area contributed by atoms with Crippen LogP contribution in [0.2, 0.25) is 0 Å². The van der Waals surface area contributed by atoms with E-state index in [4.69, 9.17) is 0 Å². The van der Waals surface area contributed by atoms with Gasteiger partial charge in [0.15, 0.2) is 0 Å². The highest BCUT2D eigenvalue weighted by molar-refractivity contribution is 4.83. The lowest BCUT2D eigenvalue weighted by atomic mass is 9.75. The minimum Gasteiger partial charge on any atom is -0.315 e. The standard InChI is InChI=1S/C16H32N2/c1-3-17-14(2)7-6-11-18-12-10-15-8-4-5-9-16(15)13-18/h14-17H,3-13H2,1-2H3. The van der Waals surface area contributed by atoms with Crippen LogP contribution in [0.3, 0.4) is 0 Å². The minimum atomic E-state index is 0.696. The van der Waals surface area contributed by atoms with Gasteiger partial charge < -0.3 is 10.2 Å². The predicted octanol–water partition coefficient (Wildman–Crippen LogP) is 3.28. The second kappa shape index (κ2) is 7.49. The Balaban J connectivity index is 1.62. The second-order valence-electron chi connectivity index (χ2n) is 6.49. The van der Waals surface area contributed by atoms with Gasteiger partial charge in [-0.15, -0.1) is 0 Å². The molecule has 1 aliphatic carbocycles. The summed E-state index contributed by atoms with van der Waals surface area (Å²) in [4.78, 5) is 2.74. The number of hydrogen-bond acceptors (Lipinski definition) is 2. The third-order valence-electron chi connectivity index (χ3n) is 5.04. The monoisotopic (exact) mass is 252 g/mol. The van der Waals surface area contributed by atoms with Gasteiger partial charge in [-0.2, -0.15) is 0 Å². The van der Waals surface area contributed by atoms with E-state index in [9.17, 15) is 0 Å². The van der Waals surface area contributed by atoms with Crippen LogP contribution in [0.15, 0.2) is 0 Å². The summed E-state index contributed by atoms with van der Waals surface area (Å²) in [6, 6.07) is 0.696. The predicted molar refractivity (Wildman–Crippen MR) is 78.9 cm³/mol. The highest BCUT2D eigenvalue weighted by atomic mass is 15.1. The molecule has 1 saturated heterocycles. The maximum atomic E-state index is 3.51. The van der Waals surface area contributed by atoms with Crippen LogP contribution in [0.4, 0.5) is 0 Å². The minimum absolute atomic E-state index is 0.696. The molecule has 0 bridgehead atoms. The molecule has 2 fully saturated rings. The van der Waals surface area contributed by atoms with Gasteiger partial charge in [-0.1, -0.05) is 26.2 Å². The van der Waals surface area contributed by atoms with E-state index >= 15 is 0 Å². The zero-order valence-electron chi connectivity index (χ0n) is 12.5. The van der Waals surface area contributed by atoms with Crippen LogP contribution in [0, 0.1) is 11.8 Å². The van der Waals surface area contributed by atoms with Crippen LogP contribution in [0.5, 0.6) is 0 Å². The fourth-order valence-electron chi connectivity index (χ4n) is 3.95.